The number of likely N-dealkylation sites (tertiary alicyclic amines) is 1. The average molecular weight is 378 g/mol. The summed E-state index contributed by atoms with van der Waals surface area (Å²) in [5.74, 6) is 1.23. The van der Waals surface area contributed by atoms with Gasteiger partial charge in [-0.3, -0.25) is 4.79 Å². The van der Waals surface area contributed by atoms with Crippen LogP contribution in [0.2, 0.25) is 0 Å². The lowest BCUT2D eigenvalue weighted by Crippen LogP contribution is -2.43. The third-order valence-corrected chi connectivity index (χ3v) is 7.52. The van der Waals surface area contributed by atoms with Crippen molar-refractivity contribution in [1.29, 1.82) is 0 Å². The van der Waals surface area contributed by atoms with E-state index in [2.05, 4.69) is 26.8 Å². The molecule has 2 unspecified atom stereocenters. The Morgan fingerprint density at radius 3 is 2.73 bits per heavy atom. The first-order valence-electron chi connectivity index (χ1n) is 10.1. The number of fused-ring (bicyclic) bond motifs is 1. The molecule has 1 aromatic rings. The van der Waals surface area contributed by atoms with E-state index in [0.717, 1.165) is 43.6 Å². The van der Waals surface area contributed by atoms with Crippen LogP contribution in [0.1, 0.15) is 60.1 Å². The summed E-state index contributed by atoms with van der Waals surface area (Å²) < 4.78 is 11.4. The van der Waals surface area contributed by atoms with Gasteiger partial charge < -0.3 is 14.4 Å². The molecule has 0 radical (unpaired) electrons. The fourth-order valence-corrected chi connectivity index (χ4v) is 5.77. The minimum Gasteiger partial charge on any atom is -0.350 e. The minimum atomic E-state index is -0.116. The Hall–Kier alpha value is -0.910. The zero-order valence-corrected chi connectivity index (χ0v) is 17.1. The molecule has 2 atom stereocenters. The van der Waals surface area contributed by atoms with E-state index in [-0.39, 0.29) is 12.2 Å². The fraction of sp³-hybridized carbons (Fsp3) is 0.762. The summed E-state index contributed by atoms with van der Waals surface area (Å²) in [7, 11) is 0. The molecule has 1 aliphatic carbocycles. The van der Waals surface area contributed by atoms with E-state index in [9.17, 15) is 4.79 Å². The van der Waals surface area contributed by atoms with E-state index < -0.39 is 0 Å². The number of rotatable bonds is 2. The number of hydrogen-bond donors (Lipinski definition) is 0. The summed E-state index contributed by atoms with van der Waals surface area (Å²) in [6, 6.07) is 2.19. The molecule has 0 aromatic carbocycles. The van der Waals surface area contributed by atoms with Gasteiger partial charge in [-0.1, -0.05) is 20.8 Å². The minimum absolute atomic E-state index is 0.116. The highest BCUT2D eigenvalue weighted by molar-refractivity contribution is 7.14. The second-order valence-corrected chi connectivity index (χ2v) is 10.3. The molecule has 144 valence electrons. The van der Waals surface area contributed by atoms with Gasteiger partial charge in [0.1, 0.15) is 0 Å². The topological polar surface area (TPSA) is 38.8 Å². The molecule has 26 heavy (non-hydrogen) atoms. The summed E-state index contributed by atoms with van der Waals surface area (Å²) in [6.07, 6.45) is 5.50. The number of hydrogen-bond acceptors (Lipinski definition) is 4. The Kier molecular flexibility index (Phi) is 5.15. The highest BCUT2D eigenvalue weighted by Gasteiger charge is 2.35. The first-order chi connectivity index (χ1) is 12.4. The molecule has 1 amide bonds. The van der Waals surface area contributed by atoms with Gasteiger partial charge in [-0.15, -0.1) is 11.3 Å². The van der Waals surface area contributed by atoms with Crippen molar-refractivity contribution < 1.29 is 14.3 Å². The molecule has 2 aliphatic heterocycles. The van der Waals surface area contributed by atoms with Gasteiger partial charge in [0.05, 0.1) is 18.1 Å². The van der Waals surface area contributed by atoms with Crippen molar-refractivity contribution in [3.05, 3.63) is 21.4 Å². The largest absolute Gasteiger partial charge is 0.350 e. The lowest BCUT2D eigenvalue weighted by Gasteiger charge is -2.34. The normalized spacial score (nSPS) is 27.6. The van der Waals surface area contributed by atoms with Gasteiger partial charge in [0, 0.05) is 23.9 Å². The van der Waals surface area contributed by atoms with Crippen LogP contribution in [-0.2, 0) is 22.3 Å². The van der Waals surface area contributed by atoms with Crippen LogP contribution in [0.15, 0.2) is 6.07 Å². The zero-order valence-electron chi connectivity index (χ0n) is 16.3. The number of amides is 1. The van der Waals surface area contributed by atoms with Crippen molar-refractivity contribution in [1.82, 2.24) is 4.90 Å². The third kappa shape index (κ3) is 3.71. The maximum absolute atomic E-state index is 13.1. The van der Waals surface area contributed by atoms with Crippen LogP contribution in [0.4, 0.5) is 0 Å². The van der Waals surface area contributed by atoms with Crippen molar-refractivity contribution >= 4 is 17.2 Å². The van der Waals surface area contributed by atoms with Crippen molar-refractivity contribution in [2.24, 2.45) is 17.3 Å². The first kappa shape index (κ1) is 18.5. The van der Waals surface area contributed by atoms with E-state index in [1.165, 1.54) is 16.9 Å². The number of carbonyl (C=O) groups is 1. The standard InChI is InChI=1S/C21H31NO3S/c1-21(2,3)16-6-7-17-15(11-16)12-18(26-17)19(23)22-8-4-5-14(13-22)20-24-9-10-25-20/h12,14,16,20H,4-11,13H2,1-3H3. The molecule has 0 N–H and O–H groups in total. The Balaban J connectivity index is 1.45. The van der Waals surface area contributed by atoms with E-state index in [1.54, 1.807) is 11.3 Å². The second-order valence-electron chi connectivity index (χ2n) is 9.13. The monoisotopic (exact) mass is 377 g/mol. The predicted molar refractivity (Wildman–Crippen MR) is 104 cm³/mol. The summed E-state index contributed by atoms with van der Waals surface area (Å²) in [5.41, 5.74) is 1.76. The molecule has 0 bridgehead atoms. The quantitative estimate of drug-likeness (QED) is 0.778. The number of carbonyl (C=O) groups excluding carboxylic acids is 1. The highest BCUT2D eigenvalue weighted by Crippen LogP contribution is 2.40. The van der Waals surface area contributed by atoms with Crippen LogP contribution >= 0.6 is 11.3 Å². The van der Waals surface area contributed by atoms with Crippen LogP contribution in [0.5, 0.6) is 0 Å². The number of piperidine rings is 1. The van der Waals surface area contributed by atoms with E-state index >= 15 is 0 Å². The van der Waals surface area contributed by atoms with Crippen molar-refractivity contribution in [3.63, 3.8) is 0 Å². The third-order valence-electron chi connectivity index (χ3n) is 6.30. The fourth-order valence-electron chi connectivity index (χ4n) is 4.59. The van der Waals surface area contributed by atoms with Gasteiger partial charge in [0.15, 0.2) is 6.29 Å². The molecule has 1 aromatic heterocycles. The summed E-state index contributed by atoms with van der Waals surface area (Å²) in [4.78, 5) is 17.5. The number of ether oxygens (including phenoxy) is 2. The van der Waals surface area contributed by atoms with Crippen LogP contribution in [0, 0.1) is 17.3 Å². The van der Waals surface area contributed by atoms with Crippen LogP contribution in [0.25, 0.3) is 0 Å². The molecule has 0 saturated carbocycles. The molecule has 5 heteroatoms. The molecule has 4 rings (SSSR count). The van der Waals surface area contributed by atoms with Gasteiger partial charge in [-0.25, -0.2) is 0 Å². The first-order valence-corrected chi connectivity index (χ1v) is 10.9. The van der Waals surface area contributed by atoms with E-state index in [0.29, 0.717) is 30.5 Å². The molecule has 3 aliphatic rings. The number of thiophene rings is 1. The maximum Gasteiger partial charge on any atom is 0.263 e. The van der Waals surface area contributed by atoms with Crippen molar-refractivity contribution in [2.45, 2.75) is 59.2 Å². The van der Waals surface area contributed by atoms with Crippen molar-refractivity contribution in [2.75, 3.05) is 26.3 Å². The number of nitrogens with zero attached hydrogens (tertiary/aromatic N) is 1. The van der Waals surface area contributed by atoms with Gasteiger partial charge >= 0.3 is 0 Å². The Morgan fingerprint density at radius 1 is 1.23 bits per heavy atom. The molecule has 2 fully saturated rings. The highest BCUT2D eigenvalue weighted by atomic mass is 32.1. The van der Waals surface area contributed by atoms with Gasteiger partial charge in [-0.2, -0.15) is 0 Å². The van der Waals surface area contributed by atoms with Gasteiger partial charge in [0.25, 0.3) is 5.91 Å². The lowest BCUT2D eigenvalue weighted by molar-refractivity contribution is -0.0969. The summed E-state index contributed by atoms with van der Waals surface area (Å²) in [5, 5.41) is 0. The SMILES string of the molecule is CC(C)(C)C1CCc2sc(C(=O)N3CCCC(C4OCCO4)C3)cc2C1. The van der Waals surface area contributed by atoms with E-state index in [1.807, 2.05) is 4.90 Å². The Morgan fingerprint density at radius 2 is 2.00 bits per heavy atom. The van der Waals surface area contributed by atoms with Gasteiger partial charge in [-0.05, 0) is 55.1 Å². The number of aryl methyl sites for hydroxylation is 1. The summed E-state index contributed by atoms with van der Waals surface area (Å²) >= 11 is 1.73. The molecule has 3 heterocycles. The smallest absolute Gasteiger partial charge is 0.263 e. The molecule has 4 nitrogen and oxygen atoms in total. The zero-order chi connectivity index (χ0) is 18.3. The Labute approximate surface area is 160 Å². The van der Waals surface area contributed by atoms with Crippen molar-refractivity contribution in [3.8, 4) is 0 Å². The predicted octanol–water partition coefficient (Wildman–Crippen LogP) is 4.12. The van der Waals surface area contributed by atoms with Crippen LogP contribution < -0.4 is 0 Å². The molecular weight excluding hydrogens is 346 g/mol. The van der Waals surface area contributed by atoms with E-state index in [4.69, 9.17) is 9.47 Å². The molecular formula is C21H31NO3S. The van der Waals surface area contributed by atoms with Crippen LogP contribution in [-0.4, -0.2) is 43.4 Å². The lowest BCUT2D eigenvalue weighted by atomic mass is 9.72. The average Bonchev–Trinajstić information content (AvgIpc) is 3.29. The molecule has 2 saturated heterocycles. The maximum atomic E-state index is 13.1. The second kappa shape index (κ2) is 7.25. The summed E-state index contributed by atoms with van der Waals surface area (Å²) in [6.45, 7) is 9.99. The molecule has 0 spiro atoms. The van der Waals surface area contributed by atoms with Gasteiger partial charge in [0.2, 0.25) is 0 Å². The Bertz CT molecular complexity index is 657. The van der Waals surface area contributed by atoms with Crippen LogP contribution in [0.3, 0.4) is 0 Å².